The Morgan fingerprint density at radius 2 is 2.14 bits per heavy atom. The number of aromatic nitrogens is 2. The van der Waals surface area contributed by atoms with Crippen LogP contribution in [0.5, 0.6) is 0 Å². The second-order valence-corrected chi connectivity index (χ2v) is 8.43. The molecule has 0 spiro atoms. The Morgan fingerprint density at radius 1 is 1.32 bits per heavy atom. The highest BCUT2D eigenvalue weighted by molar-refractivity contribution is 8.00. The number of nitrogens with one attached hydrogen (secondary N) is 1. The van der Waals surface area contributed by atoms with E-state index < -0.39 is 6.09 Å². The van der Waals surface area contributed by atoms with Gasteiger partial charge in [0.15, 0.2) is 0 Å². The molecule has 3 heterocycles. The zero-order valence-corrected chi connectivity index (χ0v) is 17.0. The molecule has 0 unspecified atom stereocenters. The number of carbonyl (C=O) groups is 2. The molecular formula is C19H18N4O3S2. The monoisotopic (exact) mass is 414 g/mol. The first-order chi connectivity index (χ1) is 13.5. The molecule has 2 amide bonds. The summed E-state index contributed by atoms with van der Waals surface area (Å²) in [5, 5.41) is 4.72. The molecule has 0 radical (unpaired) electrons. The van der Waals surface area contributed by atoms with Gasteiger partial charge in [0.05, 0.1) is 23.7 Å². The Morgan fingerprint density at radius 3 is 2.93 bits per heavy atom. The Hall–Kier alpha value is -2.65. The van der Waals surface area contributed by atoms with Gasteiger partial charge in [0, 0.05) is 10.3 Å². The number of thioether (sulfide) groups is 1. The zero-order chi connectivity index (χ0) is 19.7. The largest absolute Gasteiger partial charge is 0.447 e. The number of anilines is 2. The number of carbonyl (C=O) groups excluding carboxylic acids is 2. The summed E-state index contributed by atoms with van der Waals surface area (Å²) < 4.78 is 5.00. The fraction of sp³-hybridized carbons (Fsp3) is 0.263. The maximum Gasteiger partial charge on any atom is 0.414 e. The molecule has 0 atom stereocenters. The third-order valence-electron chi connectivity index (χ3n) is 4.50. The number of thiophene rings is 1. The lowest BCUT2D eigenvalue weighted by molar-refractivity contribution is -0.113. The van der Waals surface area contributed by atoms with E-state index in [1.807, 2.05) is 19.1 Å². The molecule has 1 aliphatic rings. The quantitative estimate of drug-likeness (QED) is 0.502. The number of aryl methyl sites for hydroxylation is 2. The van der Waals surface area contributed by atoms with Gasteiger partial charge in [0.2, 0.25) is 5.91 Å². The van der Waals surface area contributed by atoms with Gasteiger partial charge < -0.3 is 10.1 Å². The van der Waals surface area contributed by atoms with Crippen LogP contribution in [-0.4, -0.2) is 40.9 Å². The van der Waals surface area contributed by atoms with Crippen molar-refractivity contribution in [2.45, 2.75) is 18.9 Å². The van der Waals surface area contributed by atoms with Gasteiger partial charge in [0.25, 0.3) is 0 Å². The lowest BCUT2D eigenvalue weighted by Crippen LogP contribution is -2.25. The molecule has 28 heavy (non-hydrogen) atoms. The molecule has 1 saturated heterocycles. The van der Waals surface area contributed by atoms with Crippen molar-refractivity contribution in [3.8, 4) is 0 Å². The van der Waals surface area contributed by atoms with Crippen molar-refractivity contribution in [2.24, 2.45) is 0 Å². The van der Waals surface area contributed by atoms with Crippen molar-refractivity contribution in [1.29, 1.82) is 0 Å². The third kappa shape index (κ3) is 3.55. The molecule has 1 aliphatic heterocycles. The van der Waals surface area contributed by atoms with E-state index >= 15 is 0 Å². The van der Waals surface area contributed by atoms with Crippen LogP contribution >= 0.6 is 23.1 Å². The molecule has 1 N–H and O–H groups in total. The van der Waals surface area contributed by atoms with Gasteiger partial charge >= 0.3 is 6.09 Å². The van der Waals surface area contributed by atoms with E-state index in [4.69, 9.17) is 4.74 Å². The summed E-state index contributed by atoms with van der Waals surface area (Å²) in [4.78, 5) is 36.8. The van der Waals surface area contributed by atoms with Crippen molar-refractivity contribution >= 4 is 56.7 Å². The van der Waals surface area contributed by atoms with Crippen molar-refractivity contribution in [1.82, 2.24) is 9.97 Å². The fourth-order valence-electron chi connectivity index (χ4n) is 3.01. The van der Waals surface area contributed by atoms with Gasteiger partial charge in [-0.1, -0.05) is 23.9 Å². The number of para-hydroxylation sites is 2. The predicted octanol–water partition coefficient (Wildman–Crippen LogP) is 4.00. The van der Waals surface area contributed by atoms with Crippen molar-refractivity contribution in [3.05, 3.63) is 41.0 Å². The lowest BCUT2D eigenvalue weighted by Gasteiger charge is -2.17. The van der Waals surface area contributed by atoms with Crippen molar-refractivity contribution in [2.75, 3.05) is 29.1 Å². The molecule has 0 saturated carbocycles. The average Bonchev–Trinajstić information content (AvgIpc) is 3.24. The number of amides is 2. The smallest absolute Gasteiger partial charge is 0.414 e. The lowest BCUT2D eigenvalue weighted by atomic mass is 10.2. The zero-order valence-electron chi connectivity index (χ0n) is 15.4. The van der Waals surface area contributed by atoms with Crippen LogP contribution in [0.2, 0.25) is 0 Å². The van der Waals surface area contributed by atoms with E-state index in [-0.39, 0.29) is 11.7 Å². The molecule has 2 aromatic heterocycles. The molecule has 4 rings (SSSR count). The number of cyclic esters (lactones) is 1. The summed E-state index contributed by atoms with van der Waals surface area (Å²) in [5.41, 5.74) is 2.38. The summed E-state index contributed by atoms with van der Waals surface area (Å²) in [5.74, 6) is 0.0422. The molecule has 1 aromatic carbocycles. The topological polar surface area (TPSA) is 84.4 Å². The molecule has 7 nitrogen and oxygen atoms in total. The summed E-state index contributed by atoms with van der Waals surface area (Å²) in [6, 6.07) is 7.21. The van der Waals surface area contributed by atoms with E-state index in [0.29, 0.717) is 24.5 Å². The highest BCUT2D eigenvalue weighted by Gasteiger charge is 2.26. The molecule has 144 valence electrons. The SMILES string of the molecule is Cc1sc2ncnc(SCC(=O)Nc3ccccc3N3CCOC3=O)c2c1C. The van der Waals surface area contributed by atoms with E-state index in [1.54, 1.807) is 23.5 Å². The first-order valence-electron chi connectivity index (χ1n) is 8.71. The summed E-state index contributed by atoms with van der Waals surface area (Å²) in [6.45, 7) is 4.92. The Bertz CT molecular complexity index is 1070. The minimum absolute atomic E-state index is 0.165. The number of rotatable bonds is 5. The first-order valence-corrected chi connectivity index (χ1v) is 10.5. The molecule has 0 aliphatic carbocycles. The second-order valence-electron chi connectivity index (χ2n) is 6.26. The maximum atomic E-state index is 12.6. The first kappa shape index (κ1) is 18.7. The maximum absolute atomic E-state index is 12.6. The van der Waals surface area contributed by atoms with Crippen LogP contribution in [0.1, 0.15) is 10.4 Å². The number of hydrogen-bond donors (Lipinski definition) is 1. The number of fused-ring (bicyclic) bond motifs is 1. The molecule has 0 bridgehead atoms. The van der Waals surface area contributed by atoms with Crippen LogP contribution < -0.4 is 10.2 Å². The number of hydrogen-bond acceptors (Lipinski definition) is 7. The molecule has 9 heteroatoms. The van der Waals surface area contributed by atoms with E-state index in [0.717, 1.165) is 20.8 Å². The Labute approximate surface area is 170 Å². The minimum atomic E-state index is -0.400. The average molecular weight is 415 g/mol. The predicted molar refractivity (Wildman–Crippen MR) is 111 cm³/mol. The van der Waals surface area contributed by atoms with Crippen molar-refractivity contribution < 1.29 is 14.3 Å². The van der Waals surface area contributed by atoms with Crippen LogP contribution in [0.15, 0.2) is 35.6 Å². The van der Waals surface area contributed by atoms with Gasteiger partial charge in [0.1, 0.15) is 22.8 Å². The Kier molecular flexibility index (Phi) is 5.19. The molecular weight excluding hydrogens is 396 g/mol. The van der Waals surface area contributed by atoms with Gasteiger partial charge in [-0.25, -0.2) is 14.8 Å². The van der Waals surface area contributed by atoms with Crippen LogP contribution in [0, 0.1) is 13.8 Å². The number of ether oxygens (including phenoxy) is 1. The van der Waals surface area contributed by atoms with E-state index in [1.165, 1.54) is 27.9 Å². The van der Waals surface area contributed by atoms with Gasteiger partial charge in [-0.05, 0) is 31.5 Å². The highest BCUT2D eigenvalue weighted by atomic mass is 32.2. The Balaban J connectivity index is 1.49. The molecule has 3 aromatic rings. The van der Waals surface area contributed by atoms with Crippen molar-refractivity contribution in [3.63, 3.8) is 0 Å². The van der Waals surface area contributed by atoms with Gasteiger partial charge in [-0.3, -0.25) is 9.69 Å². The van der Waals surface area contributed by atoms with E-state index in [2.05, 4.69) is 22.2 Å². The standard InChI is InChI=1S/C19H18N4O3S2/c1-11-12(2)28-18-16(11)17(20-10-21-18)27-9-15(24)22-13-5-3-4-6-14(13)23-7-8-26-19(23)25/h3-6,10H,7-9H2,1-2H3,(H,22,24). The third-order valence-corrected chi connectivity index (χ3v) is 6.61. The van der Waals surface area contributed by atoms with Gasteiger partial charge in [-0.2, -0.15) is 0 Å². The number of benzene rings is 1. The highest BCUT2D eigenvalue weighted by Crippen LogP contribution is 2.34. The van der Waals surface area contributed by atoms with Crippen LogP contribution in [-0.2, 0) is 9.53 Å². The second kappa shape index (κ2) is 7.76. The van der Waals surface area contributed by atoms with Crippen LogP contribution in [0.3, 0.4) is 0 Å². The fourth-order valence-corrected chi connectivity index (χ4v) is 4.92. The summed E-state index contributed by atoms with van der Waals surface area (Å²) >= 11 is 3.01. The summed E-state index contributed by atoms with van der Waals surface area (Å²) in [7, 11) is 0. The summed E-state index contributed by atoms with van der Waals surface area (Å²) in [6.07, 6.45) is 1.13. The normalized spacial score (nSPS) is 13.8. The molecule has 1 fully saturated rings. The van der Waals surface area contributed by atoms with Crippen LogP contribution in [0.4, 0.5) is 16.2 Å². The minimum Gasteiger partial charge on any atom is -0.447 e. The van der Waals surface area contributed by atoms with Crippen LogP contribution in [0.25, 0.3) is 10.2 Å². The number of nitrogens with zero attached hydrogens (tertiary/aromatic N) is 3. The van der Waals surface area contributed by atoms with E-state index in [9.17, 15) is 9.59 Å². The van der Waals surface area contributed by atoms with Gasteiger partial charge in [-0.15, -0.1) is 11.3 Å².